The highest BCUT2D eigenvalue weighted by Crippen LogP contribution is 2.16. The van der Waals surface area contributed by atoms with Crippen LogP contribution in [-0.2, 0) is 15.9 Å². The number of rotatable bonds is 10. The minimum absolute atomic E-state index is 0.453. The molecule has 1 N–H and O–H groups in total. The lowest BCUT2D eigenvalue weighted by atomic mass is 10.00. The highest BCUT2D eigenvalue weighted by molar-refractivity contribution is 5.28. The molecular formula is C15H25NO3. The van der Waals surface area contributed by atoms with Crippen LogP contribution in [0.4, 0.5) is 0 Å². The Hall–Kier alpha value is -1.10. The van der Waals surface area contributed by atoms with E-state index in [1.54, 1.807) is 21.3 Å². The molecule has 19 heavy (non-hydrogen) atoms. The Kier molecular flexibility index (Phi) is 8.21. The lowest BCUT2D eigenvalue weighted by Crippen LogP contribution is -2.29. The van der Waals surface area contributed by atoms with Crippen molar-refractivity contribution in [2.45, 2.75) is 6.42 Å². The molecule has 1 unspecified atom stereocenters. The summed E-state index contributed by atoms with van der Waals surface area (Å²) in [6.07, 6.45) is 0.977. The predicted octanol–water partition coefficient (Wildman–Crippen LogP) is 1.74. The number of ether oxygens (including phenoxy) is 3. The van der Waals surface area contributed by atoms with E-state index in [0.29, 0.717) is 5.92 Å². The maximum atomic E-state index is 5.29. The van der Waals surface area contributed by atoms with Crippen molar-refractivity contribution in [1.82, 2.24) is 5.32 Å². The van der Waals surface area contributed by atoms with Gasteiger partial charge in [0.2, 0.25) is 0 Å². The first-order chi connectivity index (χ1) is 9.30. The molecule has 0 heterocycles. The number of hydrogen-bond acceptors (Lipinski definition) is 4. The summed E-state index contributed by atoms with van der Waals surface area (Å²) >= 11 is 0. The molecule has 4 heteroatoms. The summed E-state index contributed by atoms with van der Waals surface area (Å²) in [5, 5.41) is 3.38. The fraction of sp³-hybridized carbons (Fsp3) is 0.600. The Labute approximate surface area is 116 Å². The van der Waals surface area contributed by atoms with Gasteiger partial charge in [-0.05, 0) is 30.0 Å². The van der Waals surface area contributed by atoms with Crippen molar-refractivity contribution >= 4 is 0 Å². The highest BCUT2D eigenvalue weighted by Gasteiger charge is 2.10. The quantitative estimate of drug-likeness (QED) is 0.655. The van der Waals surface area contributed by atoms with Crippen LogP contribution >= 0.6 is 0 Å². The van der Waals surface area contributed by atoms with Crippen LogP contribution in [0.25, 0.3) is 0 Å². The van der Waals surface area contributed by atoms with Gasteiger partial charge in [-0.15, -0.1) is 0 Å². The molecule has 0 amide bonds. The van der Waals surface area contributed by atoms with Crippen LogP contribution in [0.2, 0.25) is 0 Å². The first-order valence-corrected chi connectivity index (χ1v) is 6.61. The van der Waals surface area contributed by atoms with Crippen molar-refractivity contribution in [1.29, 1.82) is 0 Å². The predicted molar refractivity (Wildman–Crippen MR) is 76.8 cm³/mol. The van der Waals surface area contributed by atoms with Crippen molar-refractivity contribution in [2.24, 2.45) is 5.92 Å². The topological polar surface area (TPSA) is 39.7 Å². The van der Waals surface area contributed by atoms with Crippen molar-refractivity contribution in [3.8, 4) is 5.75 Å². The molecule has 0 saturated carbocycles. The van der Waals surface area contributed by atoms with Crippen LogP contribution in [0, 0.1) is 5.92 Å². The normalized spacial score (nSPS) is 12.4. The Morgan fingerprint density at radius 2 is 2.00 bits per heavy atom. The third-order valence-corrected chi connectivity index (χ3v) is 2.98. The van der Waals surface area contributed by atoms with E-state index in [4.69, 9.17) is 14.2 Å². The van der Waals surface area contributed by atoms with E-state index in [-0.39, 0.29) is 0 Å². The third-order valence-electron chi connectivity index (χ3n) is 2.98. The second-order valence-corrected chi connectivity index (χ2v) is 4.57. The summed E-state index contributed by atoms with van der Waals surface area (Å²) in [6.45, 7) is 3.28. The van der Waals surface area contributed by atoms with Gasteiger partial charge in [-0.3, -0.25) is 0 Å². The van der Waals surface area contributed by atoms with Crippen LogP contribution in [0.5, 0.6) is 5.75 Å². The molecule has 0 aromatic heterocycles. The summed E-state index contributed by atoms with van der Waals surface area (Å²) < 4.78 is 15.6. The summed E-state index contributed by atoms with van der Waals surface area (Å²) in [6, 6.07) is 8.19. The van der Waals surface area contributed by atoms with E-state index in [0.717, 1.165) is 38.5 Å². The molecule has 108 valence electrons. The first kappa shape index (κ1) is 16.0. The second-order valence-electron chi connectivity index (χ2n) is 4.57. The van der Waals surface area contributed by atoms with Crippen molar-refractivity contribution < 1.29 is 14.2 Å². The van der Waals surface area contributed by atoms with E-state index >= 15 is 0 Å². The zero-order valence-electron chi connectivity index (χ0n) is 12.1. The van der Waals surface area contributed by atoms with Crippen molar-refractivity contribution in [3.63, 3.8) is 0 Å². The van der Waals surface area contributed by atoms with E-state index in [2.05, 4.69) is 17.4 Å². The largest absolute Gasteiger partial charge is 0.497 e. The molecule has 1 rings (SSSR count). The van der Waals surface area contributed by atoms with Crippen molar-refractivity contribution in [3.05, 3.63) is 29.8 Å². The van der Waals surface area contributed by atoms with Crippen LogP contribution in [0.15, 0.2) is 24.3 Å². The highest BCUT2D eigenvalue weighted by atomic mass is 16.5. The molecule has 0 aliphatic rings. The third kappa shape index (κ3) is 6.57. The number of benzene rings is 1. The lowest BCUT2D eigenvalue weighted by Gasteiger charge is -2.17. The van der Waals surface area contributed by atoms with Gasteiger partial charge in [0.25, 0.3) is 0 Å². The van der Waals surface area contributed by atoms with E-state index in [9.17, 15) is 0 Å². The van der Waals surface area contributed by atoms with Crippen LogP contribution in [-0.4, -0.2) is 47.6 Å². The average Bonchev–Trinajstić information content (AvgIpc) is 2.44. The Morgan fingerprint density at radius 1 is 1.16 bits per heavy atom. The molecule has 1 aromatic rings. The maximum absolute atomic E-state index is 5.29. The van der Waals surface area contributed by atoms with E-state index in [1.807, 2.05) is 12.1 Å². The fourth-order valence-corrected chi connectivity index (χ4v) is 2.04. The SMILES string of the molecule is COCCNCC(COC)Cc1cccc(OC)c1. The van der Waals surface area contributed by atoms with Gasteiger partial charge < -0.3 is 19.5 Å². The smallest absolute Gasteiger partial charge is 0.119 e. The Bertz CT molecular complexity index is 344. The summed E-state index contributed by atoms with van der Waals surface area (Å²) in [4.78, 5) is 0. The van der Waals surface area contributed by atoms with Gasteiger partial charge in [-0.25, -0.2) is 0 Å². The zero-order valence-corrected chi connectivity index (χ0v) is 12.1. The fourth-order valence-electron chi connectivity index (χ4n) is 2.04. The van der Waals surface area contributed by atoms with Crippen LogP contribution in [0.1, 0.15) is 5.56 Å². The molecule has 1 aromatic carbocycles. The molecule has 4 nitrogen and oxygen atoms in total. The molecule has 0 fully saturated rings. The number of nitrogens with one attached hydrogen (secondary N) is 1. The Morgan fingerprint density at radius 3 is 2.68 bits per heavy atom. The van der Waals surface area contributed by atoms with Gasteiger partial charge in [0.15, 0.2) is 0 Å². The molecule has 0 aliphatic heterocycles. The summed E-state index contributed by atoms with van der Waals surface area (Å²) in [7, 11) is 5.15. The van der Waals surface area contributed by atoms with Gasteiger partial charge in [-0.2, -0.15) is 0 Å². The standard InChI is InChI=1S/C15H25NO3/c1-17-8-7-16-11-14(12-18-2)9-13-5-4-6-15(10-13)19-3/h4-6,10,14,16H,7-9,11-12H2,1-3H3. The lowest BCUT2D eigenvalue weighted by molar-refractivity contribution is 0.147. The number of hydrogen-bond donors (Lipinski definition) is 1. The van der Waals surface area contributed by atoms with Crippen molar-refractivity contribution in [2.75, 3.05) is 47.6 Å². The molecule has 0 saturated heterocycles. The van der Waals surface area contributed by atoms with E-state index in [1.165, 1.54) is 5.56 Å². The minimum atomic E-state index is 0.453. The zero-order chi connectivity index (χ0) is 13.9. The first-order valence-electron chi connectivity index (χ1n) is 6.61. The van der Waals surface area contributed by atoms with E-state index < -0.39 is 0 Å². The number of methoxy groups -OCH3 is 3. The molecule has 0 spiro atoms. The van der Waals surface area contributed by atoms with Crippen LogP contribution < -0.4 is 10.1 Å². The van der Waals surface area contributed by atoms with Gasteiger partial charge in [0, 0.05) is 27.3 Å². The van der Waals surface area contributed by atoms with Gasteiger partial charge in [0.1, 0.15) is 5.75 Å². The van der Waals surface area contributed by atoms with Crippen LogP contribution in [0.3, 0.4) is 0 Å². The molecule has 0 radical (unpaired) electrons. The molecular weight excluding hydrogens is 242 g/mol. The Balaban J connectivity index is 2.46. The van der Waals surface area contributed by atoms with Gasteiger partial charge in [-0.1, -0.05) is 12.1 Å². The van der Waals surface area contributed by atoms with Gasteiger partial charge >= 0.3 is 0 Å². The summed E-state index contributed by atoms with van der Waals surface area (Å²) in [5.74, 6) is 1.36. The second kappa shape index (κ2) is 9.78. The monoisotopic (exact) mass is 267 g/mol. The summed E-state index contributed by atoms with van der Waals surface area (Å²) in [5.41, 5.74) is 1.27. The molecule has 0 bridgehead atoms. The minimum Gasteiger partial charge on any atom is -0.497 e. The molecule has 1 atom stereocenters. The average molecular weight is 267 g/mol. The molecule has 0 aliphatic carbocycles. The maximum Gasteiger partial charge on any atom is 0.119 e. The van der Waals surface area contributed by atoms with Gasteiger partial charge in [0.05, 0.1) is 20.3 Å².